The van der Waals surface area contributed by atoms with Gasteiger partial charge in [-0.3, -0.25) is 15.6 Å². The Hall–Kier alpha value is -1.14. The molecule has 0 radical (unpaired) electrons. The van der Waals surface area contributed by atoms with Gasteiger partial charge in [0.25, 0.3) is 5.91 Å². The largest absolute Gasteiger partial charge is 0.375 e. The second-order valence-electron chi connectivity index (χ2n) is 2.88. The minimum atomic E-state index is -0.293. The van der Waals surface area contributed by atoms with Gasteiger partial charge < -0.3 is 5.73 Å². The maximum atomic E-state index is 11.6. The Morgan fingerprint density at radius 3 is 2.73 bits per heavy atom. The van der Waals surface area contributed by atoms with E-state index in [0.29, 0.717) is 5.56 Å². The summed E-state index contributed by atoms with van der Waals surface area (Å²) < 4.78 is 0.757. The number of hydrogen-bond acceptors (Lipinski definition) is 2. The number of aryl methyl sites for hydroxylation is 1. The van der Waals surface area contributed by atoms with E-state index in [1.54, 1.807) is 12.1 Å². The number of nitrogens with two attached hydrogens (primary N) is 1. The molecule has 0 aliphatic rings. The zero-order valence-electron chi connectivity index (χ0n) is 8.00. The van der Waals surface area contributed by atoms with E-state index in [4.69, 9.17) is 5.73 Å². The minimum absolute atomic E-state index is 0.0205. The molecule has 0 fully saturated rings. The fourth-order valence-electron chi connectivity index (χ4n) is 1.01. The molecule has 80 valence electrons. The molecular weight excluding hydrogens is 278 g/mol. The van der Waals surface area contributed by atoms with Gasteiger partial charge in [-0.15, -0.1) is 0 Å². The van der Waals surface area contributed by atoms with Crippen LogP contribution in [0, 0.1) is 6.92 Å². The summed E-state index contributed by atoms with van der Waals surface area (Å²) in [6.45, 7) is 1.90. The molecule has 1 rings (SSSR count). The normalized spacial score (nSPS) is 9.47. The number of halogens is 1. The average molecular weight is 288 g/mol. The lowest BCUT2D eigenvalue weighted by Gasteiger charge is -2.08. The lowest BCUT2D eigenvalue weighted by Crippen LogP contribution is -2.44. The van der Waals surface area contributed by atoms with E-state index in [9.17, 15) is 4.79 Å². The van der Waals surface area contributed by atoms with Crippen molar-refractivity contribution in [2.24, 2.45) is 5.73 Å². The molecule has 0 heterocycles. The third-order valence-electron chi connectivity index (χ3n) is 1.74. The van der Waals surface area contributed by atoms with Gasteiger partial charge in [0, 0.05) is 4.47 Å². The van der Waals surface area contributed by atoms with E-state index in [1.807, 2.05) is 13.0 Å². The van der Waals surface area contributed by atoms with Gasteiger partial charge in [-0.1, -0.05) is 12.1 Å². The van der Waals surface area contributed by atoms with Crippen molar-refractivity contribution >= 4 is 39.2 Å². The van der Waals surface area contributed by atoms with Gasteiger partial charge in [0.1, 0.15) is 0 Å². The van der Waals surface area contributed by atoms with Crippen molar-refractivity contribution in [2.45, 2.75) is 6.92 Å². The first kappa shape index (κ1) is 11.9. The Labute approximate surface area is 101 Å². The predicted molar refractivity (Wildman–Crippen MR) is 66.3 cm³/mol. The van der Waals surface area contributed by atoms with E-state index >= 15 is 0 Å². The third-order valence-corrected chi connectivity index (χ3v) is 2.89. The lowest BCUT2D eigenvalue weighted by molar-refractivity contribution is 0.0943. The van der Waals surface area contributed by atoms with Crippen molar-refractivity contribution in [1.82, 2.24) is 10.9 Å². The van der Waals surface area contributed by atoms with E-state index in [0.717, 1.165) is 10.0 Å². The third kappa shape index (κ3) is 3.17. The van der Waals surface area contributed by atoms with Gasteiger partial charge in [-0.2, -0.15) is 0 Å². The highest BCUT2D eigenvalue weighted by Gasteiger charge is 2.10. The fourth-order valence-corrected chi connectivity index (χ4v) is 1.50. The molecule has 6 heteroatoms. The van der Waals surface area contributed by atoms with Gasteiger partial charge in [0.2, 0.25) is 0 Å². The molecule has 15 heavy (non-hydrogen) atoms. The average Bonchev–Trinajstić information content (AvgIpc) is 2.18. The summed E-state index contributed by atoms with van der Waals surface area (Å²) in [5.41, 5.74) is 11.5. The molecule has 1 aromatic carbocycles. The number of carbonyl (C=O) groups is 1. The molecule has 0 spiro atoms. The highest BCUT2D eigenvalue weighted by atomic mass is 79.9. The molecule has 0 atom stereocenters. The first-order valence-corrected chi connectivity index (χ1v) is 5.33. The summed E-state index contributed by atoms with van der Waals surface area (Å²) >= 11 is 7.90. The maximum absolute atomic E-state index is 11.6. The summed E-state index contributed by atoms with van der Waals surface area (Å²) in [7, 11) is 0. The van der Waals surface area contributed by atoms with Crippen LogP contribution in [0.25, 0.3) is 0 Å². The van der Waals surface area contributed by atoms with E-state index in [2.05, 4.69) is 39.0 Å². The number of hydrazine groups is 1. The van der Waals surface area contributed by atoms with Gasteiger partial charge >= 0.3 is 0 Å². The van der Waals surface area contributed by atoms with Gasteiger partial charge in [-0.05, 0) is 46.7 Å². The summed E-state index contributed by atoms with van der Waals surface area (Å²) in [5, 5.41) is 0.0205. The first-order valence-electron chi connectivity index (χ1n) is 4.13. The van der Waals surface area contributed by atoms with Gasteiger partial charge in [0.05, 0.1) is 5.56 Å². The van der Waals surface area contributed by atoms with Crippen molar-refractivity contribution in [3.8, 4) is 0 Å². The minimum Gasteiger partial charge on any atom is -0.375 e. The van der Waals surface area contributed by atoms with Crippen molar-refractivity contribution in [2.75, 3.05) is 0 Å². The number of carbonyl (C=O) groups excluding carboxylic acids is 1. The zero-order valence-corrected chi connectivity index (χ0v) is 10.4. The SMILES string of the molecule is Cc1cccc(C(=O)NNC(N)=S)c1Br. The second-order valence-corrected chi connectivity index (χ2v) is 4.11. The van der Waals surface area contributed by atoms with Crippen LogP contribution in [0.15, 0.2) is 22.7 Å². The highest BCUT2D eigenvalue weighted by Crippen LogP contribution is 2.20. The highest BCUT2D eigenvalue weighted by molar-refractivity contribution is 9.10. The van der Waals surface area contributed by atoms with Crippen LogP contribution >= 0.6 is 28.1 Å². The number of benzene rings is 1. The first-order chi connectivity index (χ1) is 7.02. The smallest absolute Gasteiger partial charge is 0.270 e. The molecule has 0 saturated heterocycles. The molecule has 1 amide bonds. The van der Waals surface area contributed by atoms with Crippen LogP contribution in [-0.4, -0.2) is 11.0 Å². The quantitative estimate of drug-likeness (QED) is 0.537. The van der Waals surface area contributed by atoms with Gasteiger partial charge in [-0.25, -0.2) is 0 Å². The number of nitrogens with one attached hydrogen (secondary N) is 2. The Kier molecular flexibility index (Phi) is 4.05. The Morgan fingerprint density at radius 2 is 2.13 bits per heavy atom. The maximum Gasteiger partial charge on any atom is 0.270 e. The molecule has 1 aromatic rings. The Bertz CT molecular complexity index is 408. The molecular formula is C9H10BrN3OS. The molecule has 4 nitrogen and oxygen atoms in total. The molecule has 0 aromatic heterocycles. The van der Waals surface area contributed by atoms with Crippen LogP contribution in [0.2, 0.25) is 0 Å². The standard InChI is InChI=1S/C9H10BrN3OS/c1-5-3-2-4-6(7(5)10)8(14)12-13-9(11)15/h2-4H,1H3,(H,12,14)(H3,11,13,15). The molecule has 0 aliphatic carbocycles. The zero-order chi connectivity index (χ0) is 11.4. The van der Waals surface area contributed by atoms with Crippen molar-refractivity contribution in [1.29, 1.82) is 0 Å². The number of amides is 1. The van der Waals surface area contributed by atoms with E-state index < -0.39 is 0 Å². The lowest BCUT2D eigenvalue weighted by atomic mass is 10.1. The number of rotatable bonds is 1. The summed E-state index contributed by atoms with van der Waals surface area (Å²) in [6, 6.07) is 5.41. The van der Waals surface area contributed by atoms with Crippen LogP contribution in [0.4, 0.5) is 0 Å². The van der Waals surface area contributed by atoms with Gasteiger partial charge in [0.15, 0.2) is 5.11 Å². The summed E-state index contributed by atoms with van der Waals surface area (Å²) in [4.78, 5) is 11.6. The molecule has 0 saturated carbocycles. The van der Waals surface area contributed by atoms with E-state index in [-0.39, 0.29) is 11.0 Å². The van der Waals surface area contributed by atoms with Crippen LogP contribution in [0.5, 0.6) is 0 Å². The van der Waals surface area contributed by atoms with Crippen molar-refractivity contribution in [3.63, 3.8) is 0 Å². The molecule has 0 bridgehead atoms. The Balaban J connectivity index is 2.82. The Morgan fingerprint density at radius 1 is 1.47 bits per heavy atom. The topological polar surface area (TPSA) is 67.2 Å². The summed E-state index contributed by atoms with van der Waals surface area (Å²) in [5.74, 6) is -0.293. The van der Waals surface area contributed by atoms with Crippen LogP contribution < -0.4 is 16.6 Å². The number of thiocarbonyl (C=S) groups is 1. The molecule has 0 unspecified atom stereocenters. The van der Waals surface area contributed by atoms with Crippen LogP contribution in [0.3, 0.4) is 0 Å². The monoisotopic (exact) mass is 287 g/mol. The molecule has 4 N–H and O–H groups in total. The van der Waals surface area contributed by atoms with Crippen LogP contribution in [-0.2, 0) is 0 Å². The van der Waals surface area contributed by atoms with Crippen molar-refractivity contribution < 1.29 is 4.79 Å². The van der Waals surface area contributed by atoms with Crippen molar-refractivity contribution in [3.05, 3.63) is 33.8 Å². The predicted octanol–water partition coefficient (Wildman–Crippen LogP) is 1.24. The summed E-state index contributed by atoms with van der Waals surface area (Å²) in [6.07, 6.45) is 0. The van der Waals surface area contributed by atoms with E-state index in [1.165, 1.54) is 0 Å². The fraction of sp³-hybridized carbons (Fsp3) is 0.111. The van der Waals surface area contributed by atoms with Crippen LogP contribution in [0.1, 0.15) is 15.9 Å². The second kappa shape index (κ2) is 5.09. The molecule has 0 aliphatic heterocycles. The number of hydrogen-bond donors (Lipinski definition) is 3.